The molecular weight excluding hydrogens is 502 g/mol. The van der Waals surface area contributed by atoms with Gasteiger partial charge in [-0.05, 0) is 45.0 Å². The fraction of sp³-hybridized carbons (Fsp3) is 0.207. The lowest BCUT2D eigenvalue weighted by Gasteiger charge is -2.26. The van der Waals surface area contributed by atoms with Crippen LogP contribution in [-0.2, 0) is 4.79 Å². The van der Waals surface area contributed by atoms with Crippen molar-refractivity contribution in [2.75, 3.05) is 23.8 Å². The maximum Gasteiger partial charge on any atom is 0.322 e. The third-order valence-corrected chi connectivity index (χ3v) is 6.07. The van der Waals surface area contributed by atoms with Crippen LogP contribution in [0, 0.1) is 0 Å². The van der Waals surface area contributed by atoms with Crippen molar-refractivity contribution in [2.45, 2.75) is 26.8 Å². The molecule has 0 atom stereocenters. The number of carbonyl (C=O) groups is 2. The highest BCUT2D eigenvalue weighted by Gasteiger charge is 2.23. The molecular formula is C29H30ClN5O3. The van der Waals surface area contributed by atoms with Gasteiger partial charge in [0.1, 0.15) is 18.1 Å². The van der Waals surface area contributed by atoms with Crippen molar-refractivity contribution in [2.24, 2.45) is 0 Å². The van der Waals surface area contributed by atoms with Gasteiger partial charge in [0.25, 0.3) is 0 Å². The Balaban J connectivity index is 1.57. The smallest absolute Gasteiger partial charge is 0.322 e. The summed E-state index contributed by atoms with van der Waals surface area (Å²) < 4.78 is 7.21. The van der Waals surface area contributed by atoms with Gasteiger partial charge in [-0.15, -0.1) is 0 Å². The second-order valence-electron chi connectivity index (χ2n) is 8.77. The minimum Gasteiger partial charge on any atom is -0.492 e. The van der Waals surface area contributed by atoms with E-state index >= 15 is 0 Å². The Morgan fingerprint density at radius 3 is 2.37 bits per heavy atom. The number of aromatic nitrogens is 2. The molecule has 0 fully saturated rings. The van der Waals surface area contributed by atoms with Crippen LogP contribution in [0.1, 0.15) is 20.8 Å². The third kappa shape index (κ3) is 6.33. The number of carbonyl (C=O) groups excluding carboxylic acids is 2. The second-order valence-corrected chi connectivity index (χ2v) is 9.18. The summed E-state index contributed by atoms with van der Waals surface area (Å²) in [7, 11) is 0. The minimum absolute atomic E-state index is 0.172. The first kappa shape index (κ1) is 26.8. The monoisotopic (exact) mass is 531 g/mol. The van der Waals surface area contributed by atoms with Crippen LogP contribution in [0.25, 0.3) is 16.9 Å². The zero-order chi connectivity index (χ0) is 27.1. The maximum atomic E-state index is 13.2. The van der Waals surface area contributed by atoms with Crippen molar-refractivity contribution in [3.05, 3.63) is 90.0 Å². The summed E-state index contributed by atoms with van der Waals surface area (Å²) in [6.07, 6.45) is 0. The highest BCUT2D eigenvalue weighted by Crippen LogP contribution is 2.28. The molecule has 0 spiro atoms. The van der Waals surface area contributed by atoms with E-state index in [2.05, 4.69) is 10.6 Å². The fourth-order valence-corrected chi connectivity index (χ4v) is 4.11. The van der Waals surface area contributed by atoms with Crippen LogP contribution in [0.15, 0.2) is 84.9 Å². The van der Waals surface area contributed by atoms with E-state index in [0.29, 0.717) is 40.3 Å². The van der Waals surface area contributed by atoms with Gasteiger partial charge in [-0.3, -0.25) is 4.79 Å². The number of rotatable bonds is 9. The number of urea groups is 1. The van der Waals surface area contributed by atoms with E-state index in [0.717, 1.165) is 5.56 Å². The van der Waals surface area contributed by atoms with Crippen LogP contribution in [0.5, 0.6) is 5.75 Å². The minimum atomic E-state index is -0.410. The van der Waals surface area contributed by atoms with Gasteiger partial charge in [0.05, 0.1) is 28.7 Å². The summed E-state index contributed by atoms with van der Waals surface area (Å²) in [5.41, 5.74) is 2.73. The summed E-state index contributed by atoms with van der Waals surface area (Å²) in [5, 5.41) is 11.0. The molecule has 38 heavy (non-hydrogen) atoms. The summed E-state index contributed by atoms with van der Waals surface area (Å²) in [5.74, 6) is 0.626. The predicted octanol–water partition coefficient (Wildman–Crippen LogP) is 6.47. The van der Waals surface area contributed by atoms with Gasteiger partial charge in [0, 0.05) is 17.7 Å². The quantitative estimate of drug-likeness (QED) is 0.259. The molecule has 0 unspecified atom stereocenters. The number of halogens is 1. The van der Waals surface area contributed by atoms with Crippen LogP contribution in [0.2, 0.25) is 5.02 Å². The first-order chi connectivity index (χ1) is 18.4. The Bertz CT molecular complexity index is 1400. The van der Waals surface area contributed by atoms with E-state index in [1.165, 1.54) is 4.90 Å². The van der Waals surface area contributed by atoms with Gasteiger partial charge < -0.3 is 20.3 Å². The first-order valence-electron chi connectivity index (χ1n) is 12.4. The Labute approximate surface area is 227 Å². The molecule has 9 heteroatoms. The number of hydrogen-bond donors (Lipinski definition) is 2. The van der Waals surface area contributed by atoms with Gasteiger partial charge in [-0.2, -0.15) is 5.10 Å². The number of nitrogens with zero attached hydrogens (tertiary/aromatic N) is 3. The molecule has 4 aromatic rings. The number of amides is 3. The topological polar surface area (TPSA) is 88.5 Å². The highest BCUT2D eigenvalue weighted by atomic mass is 35.5. The SMILES string of the molecule is CCOc1ccccc1NC(=O)N(CC(=O)Nc1cc(-c2ccccc2)nn1-c1ccccc1Cl)C(C)C. The summed E-state index contributed by atoms with van der Waals surface area (Å²) in [6, 6.07) is 25.2. The van der Waals surface area contributed by atoms with Crippen molar-refractivity contribution in [3.8, 4) is 22.7 Å². The van der Waals surface area contributed by atoms with Crippen LogP contribution in [-0.4, -0.2) is 45.8 Å². The van der Waals surface area contributed by atoms with Gasteiger partial charge in [0.15, 0.2) is 0 Å². The molecule has 2 N–H and O–H groups in total. The Morgan fingerprint density at radius 2 is 1.66 bits per heavy atom. The summed E-state index contributed by atoms with van der Waals surface area (Å²) in [4.78, 5) is 27.9. The largest absolute Gasteiger partial charge is 0.492 e. The molecule has 1 aromatic heterocycles. The number of anilines is 2. The number of ether oxygens (including phenoxy) is 1. The average molecular weight is 532 g/mol. The normalized spacial score (nSPS) is 10.8. The van der Waals surface area contributed by atoms with Gasteiger partial charge in [-0.1, -0.05) is 66.2 Å². The molecule has 0 aliphatic rings. The number of para-hydroxylation sites is 3. The van der Waals surface area contributed by atoms with Crippen molar-refractivity contribution < 1.29 is 14.3 Å². The van der Waals surface area contributed by atoms with Crippen LogP contribution >= 0.6 is 11.6 Å². The van der Waals surface area contributed by atoms with E-state index in [9.17, 15) is 9.59 Å². The molecule has 0 bridgehead atoms. The highest BCUT2D eigenvalue weighted by molar-refractivity contribution is 6.32. The lowest BCUT2D eigenvalue weighted by molar-refractivity contribution is -0.117. The van der Waals surface area contributed by atoms with E-state index in [1.807, 2.05) is 81.4 Å². The molecule has 0 saturated carbocycles. The molecule has 0 radical (unpaired) electrons. The summed E-state index contributed by atoms with van der Waals surface area (Å²) in [6.45, 7) is 5.87. The molecule has 4 rings (SSSR count). The van der Waals surface area contributed by atoms with E-state index in [-0.39, 0.29) is 18.5 Å². The molecule has 0 aliphatic heterocycles. The number of benzene rings is 3. The molecule has 1 heterocycles. The second kappa shape index (κ2) is 12.3. The zero-order valence-corrected chi connectivity index (χ0v) is 22.3. The molecule has 3 aromatic carbocycles. The van der Waals surface area contributed by atoms with Gasteiger partial charge in [-0.25, -0.2) is 9.48 Å². The Kier molecular flexibility index (Phi) is 8.66. The van der Waals surface area contributed by atoms with E-state index < -0.39 is 6.03 Å². The van der Waals surface area contributed by atoms with Gasteiger partial charge in [0.2, 0.25) is 5.91 Å². The van der Waals surface area contributed by atoms with Crippen LogP contribution < -0.4 is 15.4 Å². The summed E-state index contributed by atoms with van der Waals surface area (Å²) >= 11 is 6.46. The third-order valence-electron chi connectivity index (χ3n) is 5.75. The standard InChI is InChI=1S/C29H30ClN5O3/c1-4-38-26-17-11-9-15-23(26)31-29(37)34(20(2)3)19-28(36)32-27-18-24(21-12-6-5-7-13-21)33-35(27)25-16-10-8-14-22(25)30/h5-18,20H,4,19H2,1-3H3,(H,31,37)(H,32,36). The molecule has 0 aliphatic carbocycles. The molecule has 3 amide bonds. The predicted molar refractivity (Wildman–Crippen MR) is 151 cm³/mol. The molecule has 8 nitrogen and oxygen atoms in total. The first-order valence-corrected chi connectivity index (χ1v) is 12.7. The lowest BCUT2D eigenvalue weighted by Crippen LogP contribution is -2.44. The fourth-order valence-electron chi connectivity index (χ4n) is 3.89. The molecule has 196 valence electrons. The number of hydrogen-bond acceptors (Lipinski definition) is 4. The van der Waals surface area contributed by atoms with Crippen molar-refractivity contribution >= 4 is 35.0 Å². The van der Waals surface area contributed by atoms with Crippen LogP contribution in [0.4, 0.5) is 16.3 Å². The van der Waals surface area contributed by atoms with E-state index in [4.69, 9.17) is 21.4 Å². The lowest BCUT2D eigenvalue weighted by atomic mass is 10.1. The Morgan fingerprint density at radius 1 is 0.974 bits per heavy atom. The Hall–Kier alpha value is -4.30. The van der Waals surface area contributed by atoms with Crippen LogP contribution in [0.3, 0.4) is 0 Å². The molecule has 0 saturated heterocycles. The van der Waals surface area contributed by atoms with Gasteiger partial charge >= 0.3 is 6.03 Å². The number of nitrogens with one attached hydrogen (secondary N) is 2. The maximum absolute atomic E-state index is 13.2. The van der Waals surface area contributed by atoms with Crippen molar-refractivity contribution in [3.63, 3.8) is 0 Å². The van der Waals surface area contributed by atoms with E-state index in [1.54, 1.807) is 28.9 Å². The van der Waals surface area contributed by atoms with Crippen molar-refractivity contribution in [1.29, 1.82) is 0 Å². The average Bonchev–Trinajstić information content (AvgIpc) is 3.32. The van der Waals surface area contributed by atoms with Crippen molar-refractivity contribution in [1.82, 2.24) is 14.7 Å². The zero-order valence-electron chi connectivity index (χ0n) is 21.5.